The Kier molecular flexibility index (Phi) is 4.46. The highest BCUT2D eigenvalue weighted by Gasteiger charge is 2.66. The van der Waals surface area contributed by atoms with Crippen LogP contribution in [0.15, 0.2) is 11.6 Å². The molecule has 2 unspecified atom stereocenters. The Morgan fingerprint density at radius 1 is 1.00 bits per heavy atom. The van der Waals surface area contributed by atoms with E-state index >= 15 is 0 Å². The van der Waals surface area contributed by atoms with Crippen molar-refractivity contribution in [2.24, 2.45) is 51.8 Å². The number of aliphatic hydroxyl groups excluding tert-OH is 1. The van der Waals surface area contributed by atoms with Crippen LogP contribution in [0, 0.1) is 51.8 Å². The Morgan fingerprint density at radius 3 is 2.54 bits per heavy atom. The summed E-state index contributed by atoms with van der Waals surface area (Å²) in [4.78, 5) is 0. The lowest BCUT2D eigenvalue weighted by atomic mass is 9.46. The minimum atomic E-state index is -0.0756. The zero-order valence-electron chi connectivity index (χ0n) is 19.1. The Morgan fingerprint density at radius 2 is 1.79 bits per heavy atom. The largest absolute Gasteiger partial charge is 0.393 e. The molecule has 0 aliphatic heterocycles. The van der Waals surface area contributed by atoms with Gasteiger partial charge in [-0.05, 0) is 116 Å². The molecule has 0 bridgehead atoms. The van der Waals surface area contributed by atoms with Crippen LogP contribution in [0.2, 0.25) is 0 Å². The second-order valence-electron chi connectivity index (χ2n) is 12.9. The molecule has 0 aromatic carbocycles. The number of aliphatic hydroxyl groups is 1. The number of rotatable bonds is 3. The topological polar surface area (TPSA) is 20.2 Å². The van der Waals surface area contributed by atoms with Crippen LogP contribution in [-0.4, -0.2) is 11.2 Å². The van der Waals surface area contributed by atoms with E-state index in [2.05, 4.69) is 40.7 Å². The van der Waals surface area contributed by atoms with E-state index in [0.29, 0.717) is 16.2 Å². The zero-order chi connectivity index (χ0) is 19.9. The summed E-state index contributed by atoms with van der Waals surface area (Å²) >= 11 is 0. The van der Waals surface area contributed by atoms with E-state index in [0.717, 1.165) is 48.3 Å². The van der Waals surface area contributed by atoms with Crippen molar-refractivity contribution in [1.29, 1.82) is 0 Å². The van der Waals surface area contributed by atoms with Gasteiger partial charge in [0.2, 0.25) is 0 Å². The first-order valence-corrected chi connectivity index (χ1v) is 12.6. The monoisotopic (exact) mass is 384 g/mol. The Balaban J connectivity index is 1.39. The van der Waals surface area contributed by atoms with E-state index in [4.69, 9.17) is 0 Å². The fourth-order valence-electron chi connectivity index (χ4n) is 9.55. The van der Waals surface area contributed by atoms with Crippen LogP contribution in [0.3, 0.4) is 0 Å². The number of allylic oxidation sites excluding steroid dienone is 1. The van der Waals surface area contributed by atoms with Crippen LogP contribution in [0.25, 0.3) is 0 Å². The molecular weight excluding hydrogens is 340 g/mol. The summed E-state index contributed by atoms with van der Waals surface area (Å²) in [7, 11) is 0. The van der Waals surface area contributed by atoms with Crippen molar-refractivity contribution < 1.29 is 5.11 Å². The molecule has 1 N–H and O–H groups in total. The van der Waals surface area contributed by atoms with E-state index < -0.39 is 0 Å². The van der Waals surface area contributed by atoms with Gasteiger partial charge in [0.15, 0.2) is 0 Å². The molecule has 28 heavy (non-hydrogen) atoms. The average molecular weight is 385 g/mol. The molecule has 5 aliphatic carbocycles. The van der Waals surface area contributed by atoms with Gasteiger partial charge in [0.05, 0.1) is 6.10 Å². The van der Waals surface area contributed by atoms with Crippen LogP contribution < -0.4 is 0 Å². The lowest BCUT2D eigenvalue weighted by molar-refractivity contribution is -0.0606. The fraction of sp³-hybridized carbons (Fsp3) is 0.926. The Hall–Kier alpha value is -0.300. The molecule has 0 spiro atoms. The van der Waals surface area contributed by atoms with Crippen molar-refractivity contribution in [3.63, 3.8) is 0 Å². The average Bonchev–Trinajstić information content (AvgIpc) is 3.10. The van der Waals surface area contributed by atoms with Gasteiger partial charge in [-0.2, -0.15) is 0 Å². The minimum Gasteiger partial charge on any atom is -0.393 e. The van der Waals surface area contributed by atoms with Gasteiger partial charge in [-0.3, -0.25) is 0 Å². The summed E-state index contributed by atoms with van der Waals surface area (Å²) in [6.45, 7) is 12.8. The van der Waals surface area contributed by atoms with E-state index in [1.807, 2.05) is 0 Å². The summed E-state index contributed by atoms with van der Waals surface area (Å²) in [6.07, 6.45) is 15.9. The molecule has 0 heterocycles. The highest BCUT2D eigenvalue weighted by Crippen LogP contribution is 2.74. The van der Waals surface area contributed by atoms with Crippen LogP contribution in [0.4, 0.5) is 0 Å². The molecule has 1 nitrogen and oxygen atoms in total. The first kappa shape index (κ1) is 19.7. The van der Waals surface area contributed by atoms with Gasteiger partial charge < -0.3 is 5.11 Å². The normalized spacial score (nSPS) is 55.3. The molecule has 5 rings (SSSR count). The van der Waals surface area contributed by atoms with Crippen molar-refractivity contribution in [2.45, 2.75) is 105 Å². The maximum atomic E-state index is 10.2. The number of fused-ring (bicyclic) bond motifs is 5. The van der Waals surface area contributed by atoms with Crippen molar-refractivity contribution in [3.05, 3.63) is 11.6 Å². The van der Waals surface area contributed by atoms with Crippen molar-refractivity contribution in [1.82, 2.24) is 0 Å². The smallest absolute Gasteiger partial charge is 0.0577 e. The highest BCUT2D eigenvalue weighted by molar-refractivity contribution is 5.26. The van der Waals surface area contributed by atoms with Crippen molar-refractivity contribution in [2.75, 3.05) is 0 Å². The van der Waals surface area contributed by atoms with E-state index in [1.165, 1.54) is 51.4 Å². The van der Waals surface area contributed by atoms with Gasteiger partial charge >= 0.3 is 0 Å². The molecule has 5 aliphatic rings. The van der Waals surface area contributed by atoms with Gasteiger partial charge in [0.25, 0.3) is 0 Å². The van der Waals surface area contributed by atoms with Crippen molar-refractivity contribution in [3.8, 4) is 0 Å². The van der Waals surface area contributed by atoms with Gasteiger partial charge in [0.1, 0.15) is 0 Å². The van der Waals surface area contributed by atoms with Gasteiger partial charge in [-0.15, -0.1) is 0 Å². The summed E-state index contributed by atoms with van der Waals surface area (Å²) in [6, 6.07) is 0. The molecule has 0 radical (unpaired) electrons. The Labute approximate surface area is 173 Å². The van der Waals surface area contributed by atoms with Gasteiger partial charge in [-0.1, -0.05) is 46.3 Å². The lowest BCUT2D eigenvalue weighted by Crippen LogP contribution is -2.51. The summed E-state index contributed by atoms with van der Waals surface area (Å²) in [5.74, 6) is 5.59. The quantitative estimate of drug-likeness (QED) is 0.519. The number of hydrogen-bond acceptors (Lipinski definition) is 1. The molecular formula is C27H44O. The van der Waals surface area contributed by atoms with Crippen LogP contribution >= 0.6 is 0 Å². The predicted octanol–water partition coefficient (Wildman–Crippen LogP) is 7.00. The molecule has 1 heteroatoms. The molecule has 0 saturated heterocycles. The maximum Gasteiger partial charge on any atom is 0.0577 e. The first-order valence-electron chi connectivity index (χ1n) is 12.6. The second kappa shape index (κ2) is 6.35. The van der Waals surface area contributed by atoms with E-state index in [1.54, 1.807) is 5.57 Å². The van der Waals surface area contributed by atoms with Crippen LogP contribution in [0.1, 0.15) is 98.8 Å². The van der Waals surface area contributed by atoms with Crippen molar-refractivity contribution >= 4 is 0 Å². The molecule has 0 amide bonds. The van der Waals surface area contributed by atoms with Gasteiger partial charge in [-0.25, -0.2) is 0 Å². The third kappa shape index (κ3) is 2.67. The third-order valence-corrected chi connectivity index (χ3v) is 11.1. The molecule has 0 aromatic heterocycles. The van der Waals surface area contributed by atoms with E-state index in [-0.39, 0.29) is 6.10 Å². The minimum absolute atomic E-state index is 0.0756. The second-order valence-corrected chi connectivity index (χ2v) is 12.9. The van der Waals surface area contributed by atoms with E-state index in [9.17, 15) is 5.11 Å². The zero-order valence-corrected chi connectivity index (χ0v) is 19.1. The summed E-state index contributed by atoms with van der Waals surface area (Å²) in [5, 5.41) is 10.2. The molecule has 4 fully saturated rings. The third-order valence-electron chi connectivity index (χ3n) is 11.1. The highest BCUT2D eigenvalue weighted by atomic mass is 16.3. The molecule has 4 saturated carbocycles. The standard InChI is InChI=1S/C27H44O/c1-17(2)14-19-16-27(19,5)24-9-8-22-21-7-6-18-15-20(28)10-12-25(18,3)23(21)11-13-26(22,24)4/h6,17,19-24,28H,7-16H2,1-5H3/t19?,20-,21-,22-,23-,24-,25-,26-,27?/m0/s1. The van der Waals surface area contributed by atoms with Crippen LogP contribution in [-0.2, 0) is 0 Å². The predicted molar refractivity (Wildman–Crippen MR) is 117 cm³/mol. The fourth-order valence-corrected chi connectivity index (χ4v) is 9.55. The maximum absolute atomic E-state index is 10.2. The van der Waals surface area contributed by atoms with Crippen LogP contribution in [0.5, 0.6) is 0 Å². The molecule has 158 valence electrons. The summed E-state index contributed by atoms with van der Waals surface area (Å²) < 4.78 is 0. The summed E-state index contributed by atoms with van der Waals surface area (Å²) in [5.41, 5.74) is 3.26. The molecule has 0 aromatic rings. The SMILES string of the molecule is CC(C)CC1CC1(C)[C@H]1CC[C@H]2[C@@H]3CC=C4C[C@@H](O)CC[C@]4(C)[C@H]3CC[C@]12C. The number of hydrogen-bond donors (Lipinski definition) is 1. The Bertz CT molecular complexity index is 663. The van der Waals surface area contributed by atoms with Gasteiger partial charge in [0, 0.05) is 0 Å². The lowest BCUT2D eigenvalue weighted by Gasteiger charge is -2.58. The first-order chi connectivity index (χ1) is 13.2. The molecule has 9 atom stereocenters.